The standard InChI is InChI=1S/C27H20ClN5O3S/c1-18-8-14-22(15-9-18)37(35,36)32-25-26(31-24-7-3-2-6-23(24)30-25)33-16-4-5-21(17-33)29-27(34)19-10-12-20(28)13-11-19/h2-17H,1H3,(H-,29,30,32,34). The van der Waals surface area contributed by atoms with E-state index in [0.29, 0.717) is 27.3 Å². The second-order valence-electron chi connectivity index (χ2n) is 8.20. The Bertz CT molecular complexity index is 1740. The Morgan fingerprint density at radius 3 is 2.30 bits per heavy atom. The summed E-state index contributed by atoms with van der Waals surface area (Å²) in [5.41, 5.74) is 2.77. The summed E-state index contributed by atoms with van der Waals surface area (Å²) in [6, 6.07) is 23.4. The third-order valence-corrected chi connectivity index (χ3v) is 7.07. The van der Waals surface area contributed by atoms with Gasteiger partial charge in [-0.15, -0.1) is 0 Å². The third kappa shape index (κ3) is 5.42. The van der Waals surface area contributed by atoms with Crippen LogP contribution in [0.2, 0.25) is 5.02 Å². The molecule has 2 heterocycles. The largest absolute Gasteiger partial charge is 0.858 e. The van der Waals surface area contributed by atoms with E-state index in [4.69, 9.17) is 11.6 Å². The van der Waals surface area contributed by atoms with Crippen molar-refractivity contribution in [3.05, 3.63) is 113 Å². The molecule has 0 fully saturated rings. The SMILES string of the molecule is Cc1ccc(S(=O)(=O)Nc2nc3ccccc3nc2-[n+]2cccc(N=C([O-])c3ccc(Cl)cc3)c2)cc1. The van der Waals surface area contributed by atoms with E-state index in [2.05, 4.69) is 19.7 Å². The lowest BCUT2D eigenvalue weighted by Gasteiger charge is -2.11. The molecule has 0 amide bonds. The first-order valence-electron chi connectivity index (χ1n) is 11.2. The second kappa shape index (κ2) is 9.96. The number of aromatic nitrogens is 3. The summed E-state index contributed by atoms with van der Waals surface area (Å²) in [6.07, 6.45) is 3.25. The van der Waals surface area contributed by atoms with Crippen LogP contribution >= 0.6 is 11.6 Å². The number of anilines is 1. The fourth-order valence-corrected chi connectivity index (χ4v) is 4.71. The molecule has 0 aliphatic carbocycles. The van der Waals surface area contributed by atoms with Gasteiger partial charge in [0.05, 0.1) is 11.1 Å². The van der Waals surface area contributed by atoms with Crippen molar-refractivity contribution in [3.63, 3.8) is 0 Å². The summed E-state index contributed by atoms with van der Waals surface area (Å²) >= 11 is 5.91. The van der Waals surface area contributed by atoms with Crippen molar-refractivity contribution in [3.8, 4) is 5.82 Å². The van der Waals surface area contributed by atoms with Crippen LogP contribution in [0.25, 0.3) is 16.9 Å². The van der Waals surface area contributed by atoms with Crippen molar-refractivity contribution >= 4 is 50.1 Å². The number of halogens is 1. The van der Waals surface area contributed by atoms with Crippen molar-refractivity contribution in [2.75, 3.05) is 4.72 Å². The Morgan fingerprint density at radius 2 is 1.59 bits per heavy atom. The zero-order chi connectivity index (χ0) is 26.0. The number of sulfonamides is 1. The van der Waals surface area contributed by atoms with E-state index in [1.165, 1.54) is 12.1 Å². The van der Waals surface area contributed by atoms with Crippen molar-refractivity contribution in [2.24, 2.45) is 4.99 Å². The zero-order valence-electron chi connectivity index (χ0n) is 19.5. The van der Waals surface area contributed by atoms with Gasteiger partial charge >= 0.3 is 5.82 Å². The van der Waals surface area contributed by atoms with Crippen LogP contribution in [-0.4, -0.2) is 24.3 Å². The number of rotatable bonds is 6. The quantitative estimate of drug-likeness (QED) is 0.202. The summed E-state index contributed by atoms with van der Waals surface area (Å²) in [7, 11) is -3.95. The van der Waals surface area contributed by atoms with Gasteiger partial charge in [-0.25, -0.2) is 13.4 Å². The van der Waals surface area contributed by atoms with Gasteiger partial charge in [-0.1, -0.05) is 53.6 Å². The smallest absolute Gasteiger partial charge is 0.372 e. The molecule has 5 rings (SSSR count). The highest BCUT2D eigenvalue weighted by molar-refractivity contribution is 7.92. The number of nitrogens with zero attached hydrogens (tertiary/aromatic N) is 4. The van der Waals surface area contributed by atoms with Crippen LogP contribution in [0.4, 0.5) is 11.5 Å². The highest BCUT2D eigenvalue weighted by Gasteiger charge is 2.25. The number of pyridine rings is 1. The van der Waals surface area contributed by atoms with Gasteiger partial charge in [-0.3, -0.25) is 9.71 Å². The molecule has 10 heteroatoms. The molecule has 0 saturated carbocycles. The number of nitrogens with one attached hydrogen (secondary N) is 1. The topological polar surface area (TPSA) is 111 Å². The lowest BCUT2D eigenvalue weighted by atomic mass is 10.2. The Hall–Kier alpha value is -4.34. The number of aliphatic imine (C=N–C) groups is 1. The van der Waals surface area contributed by atoms with Gasteiger partial charge in [-0.2, -0.15) is 4.57 Å². The number of aryl methyl sites for hydroxylation is 1. The molecule has 3 aromatic carbocycles. The molecule has 0 bridgehead atoms. The lowest BCUT2D eigenvalue weighted by molar-refractivity contribution is -0.598. The summed E-state index contributed by atoms with van der Waals surface area (Å²) in [4.78, 5) is 13.5. The van der Waals surface area contributed by atoms with Crippen LogP contribution < -0.4 is 14.4 Å². The fourth-order valence-electron chi connectivity index (χ4n) is 3.58. The highest BCUT2D eigenvalue weighted by Crippen LogP contribution is 2.22. The molecule has 0 aliphatic rings. The molecule has 0 spiro atoms. The molecule has 0 unspecified atom stereocenters. The average Bonchev–Trinajstić information content (AvgIpc) is 2.89. The first-order valence-corrected chi connectivity index (χ1v) is 13.0. The predicted molar refractivity (Wildman–Crippen MR) is 141 cm³/mol. The number of benzene rings is 3. The van der Waals surface area contributed by atoms with E-state index in [9.17, 15) is 13.5 Å². The molecular weight excluding hydrogens is 510 g/mol. The third-order valence-electron chi connectivity index (χ3n) is 5.47. The first-order chi connectivity index (χ1) is 17.8. The maximum Gasteiger partial charge on any atom is 0.372 e. The molecule has 184 valence electrons. The minimum absolute atomic E-state index is 0.0328. The summed E-state index contributed by atoms with van der Waals surface area (Å²) in [5.74, 6) is -0.185. The highest BCUT2D eigenvalue weighted by atomic mass is 35.5. The van der Waals surface area contributed by atoms with Crippen LogP contribution in [0.3, 0.4) is 0 Å². The number of para-hydroxylation sites is 2. The molecule has 8 nitrogen and oxygen atoms in total. The van der Waals surface area contributed by atoms with Gasteiger partial charge in [0.25, 0.3) is 10.0 Å². The maximum atomic E-state index is 13.2. The van der Waals surface area contributed by atoms with Gasteiger partial charge in [0, 0.05) is 5.02 Å². The fraction of sp³-hybridized carbons (Fsp3) is 0.0370. The number of hydrogen-bond acceptors (Lipinski definition) is 6. The molecule has 5 aromatic rings. The van der Waals surface area contributed by atoms with E-state index in [0.717, 1.165) is 5.56 Å². The van der Waals surface area contributed by atoms with E-state index in [1.807, 2.05) is 13.0 Å². The van der Waals surface area contributed by atoms with E-state index < -0.39 is 15.9 Å². The maximum absolute atomic E-state index is 13.2. The molecule has 37 heavy (non-hydrogen) atoms. The van der Waals surface area contributed by atoms with Crippen molar-refractivity contribution in [1.82, 2.24) is 9.97 Å². The van der Waals surface area contributed by atoms with Crippen LogP contribution in [-0.2, 0) is 10.0 Å². The Morgan fingerprint density at radius 1 is 0.919 bits per heavy atom. The van der Waals surface area contributed by atoms with Gasteiger partial charge in [0.1, 0.15) is 17.4 Å². The molecule has 2 aromatic heterocycles. The Labute approximate surface area is 218 Å². The second-order valence-corrected chi connectivity index (χ2v) is 10.3. The van der Waals surface area contributed by atoms with Gasteiger partial charge in [-0.05, 0) is 71.9 Å². The summed E-state index contributed by atoms with van der Waals surface area (Å²) in [5, 5.41) is 13.2. The zero-order valence-corrected chi connectivity index (χ0v) is 21.1. The van der Waals surface area contributed by atoms with Crippen molar-refractivity contribution < 1.29 is 18.1 Å². The van der Waals surface area contributed by atoms with E-state index in [1.54, 1.807) is 83.7 Å². The van der Waals surface area contributed by atoms with Crippen LogP contribution in [0.5, 0.6) is 0 Å². The van der Waals surface area contributed by atoms with Crippen LogP contribution in [0, 0.1) is 6.92 Å². The van der Waals surface area contributed by atoms with E-state index in [-0.39, 0.29) is 16.5 Å². The number of hydrogen-bond donors (Lipinski definition) is 1. The Kier molecular flexibility index (Phi) is 6.56. The van der Waals surface area contributed by atoms with Gasteiger partial charge in [0.2, 0.25) is 11.3 Å². The van der Waals surface area contributed by atoms with Crippen LogP contribution in [0.15, 0.2) is 107 Å². The molecular formula is C27H20ClN5O3S. The molecule has 0 atom stereocenters. The Balaban J connectivity index is 1.58. The molecule has 0 radical (unpaired) electrons. The number of fused-ring (bicyclic) bond motifs is 1. The van der Waals surface area contributed by atoms with Gasteiger partial charge < -0.3 is 5.11 Å². The lowest BCUT2D eigenvalue weighted by Crippen LogP contribution is -2.33. The first kappa shape index (κ1) is 24.4. The molecule has 0 aliphatic heterocycles. The van der Waals surface area contributed by atoms with E-state index >= 15 is 0 Å². The molecule has 1 N–H and O–H groups in total. The minimum Gasteiger partial charge on any atom is -0.858 e. The minimum atomic E-state index is -3.95. The monoisotopic (exact) mass is 529 g/mol. The molecule has 0 saturated heterocycles. The van der Waals surface area contributed by atoms with Crippen molar-refractivity contribution in [1.29, 1.82) is 0 Å². The summed E-state index contributed by atoms with van der Waals surface area (Å²) < 4.78 is 30.5. The average molecular weight is 530 g/mol. The summed E-state index contributed by atoms with van der Waals surface area (Å²) in [6.45, 7) is 1.88. The normalized spacial score (nSPS) is 12.0. The van der Waals surface area contributed by atoms with Crippen LogP contribution in [0.1, 0.15) is 11.1 Å². The van der Waals surface area contributed by atoms with Gasteiger partial charge in [0.15, 0.2) is 0 Å². The van der Waals surface area contributed by atoms with Crippen molar-refractivity contribution in [2.45, 2.75) is 11.8 Å². The predicted octanol–water partition coefficient (Wildman–Crippen LogP) is 4.11.